The zero-order valence-corrected chi connectivity index (χ0v) is 17.4. The highest BCUT2D eigenvalue weighted by Crippen LogP contribution is 2.40. The molecule has 1 aliphatic heterocycles. The Morgan fingerprint density at radius 2 is 1.90 bits per heavy atom. The van der Waals surface area contributed by atoms with Crippen molar-refractivity contribution in [1.82, 2.24) is 9.97 Å². The van der Waals surface area contributed by atoms with Crippen LogP contribution in [0, 0.1) is 0 Å². The molecule has 154 valence electrons. The summed E-state index contributed by atoms with van der Waals surface area (Å²) >= 11 is 1.41. The van der Waals surface area contributed by atoms with Gasteiger partial charge in [-0.05, 0) is 11.6 Å². The van der Waals surface area contributed by atoms with Gasteiger partial charge in [0.15, 0.2) is 5.16 Å². The Morgan fingerprint density at radius 3 is 2.63 bits per heavy atom. The van der Waals surface area contributed by atoms with Crippen LogP contribution < -0.4 is 20.3 Å². The van der Waals surface area contributed by atoms with E-state index >= 15 is 0 Å². The summed E-state index contributed by atoms with van der Waals surface area (Å²) in [6.45, 7) is 0. The molecule has 1 atom stereocenters. The summed E-state index contributed by atoms with van der Waals surface area (Å²) in [4.78, 5) is 32.8. The van der Waals surface area contributed by atoms with Gasteiger partial charge in [0.1, 0.15) is 17.3 Å². The number of anilines is 1. The van der Waals surface area contributed by atoms with E-state index in [1.165, 1.54) is 11.8 Å². The van der Waals surface area contributed by atoms with Crippen LogP contribution in [0.1, 0.15) is 29.0 Å². The molecule has 30 heavy (non-hydrogen) atoms. The Bertz CT molecular complexity index is 1130. The number of nitrogens with zero attached hydrogens (tertiary/aromatic N) is 1. The van der Waals surface area contributed by atoms with Crippen molar-refractivity contribution in [3.8, 4) is 11.5 Å². The number of rotatable bonds is 6. The molecule has 4 rings (SSSR count). The first-order valence-corrected chi connectivity index (χ1v) is 10.4. The Balaban J connectivity index is 1.70. The van der Waals surface area contributed by atoms with E-state index in [4.69, 9.17) is 9.47 Å². The number of carbonyl (C=O) groups is 1. The summed E-state index contributed by atoms with van der Waals surface area (Å²) in [6.07, 6.45) is 0.136. The highest BCUT2D eigenvalue weighted by Gasteiger charge is 2.32. The number of methoxy groups -OCH3 is 2. The van der Waals surface area contributed by atoms with E-state index in [1.54, 1.807) is 26.4 Å². The van der Waals surface area contributed by atoms with Crippen LogP contribution in [0.4, 0.5) is 5.82 Å². The van der Waals surface area contributed by atoms with E-state index < -0.39 is 5.92 Å². The second-order valence-electron chi connectivity index (χ2n) is 6.82. The number of aromatic amines is 1. The number of H-pyrrole nitrogens is 1. The third-order valence-electron chi connectivity index (χ3n) is 4.96. The van der Waals surface area contributed by atoms with Crippen LogP contribution in [0.3, 0.4) is 0 Å². The minimum atomic E-state index is -0.459. The van der Waals surface area contributed by atoms with E-state index in [-0.39, 0.29) is 17.9 Å². The maximum absolute atomic E-state index is 13.0. The second kappa shape index (κ2) is 8.62. The maximum atomic E-state index is 13.0. The predicted octanol–water partition coefficient (Wildman–Crippen LogP) is 3.55. The number of aromatic nitrogens is 2. The van der Waals surface area contributed by atoms with Crippen molar-refractivity contribution in [1.29, 1.82) is 0 Å². The van der Waals surface area contributed by atoms with Gasteiger partial charge in [-0.15, -0.1) is 0 Å². The summed E-state index contributed by atoms with van der Waals surface area (Å²) in [7, 11) is 3.12. The van der Waals surface area contributed by atoms with Gasteiger partial charge in [0.05, 0.1) is 19.8 Å². The van der Waals surface area contributed by atoms with Crippen LogP contribution in [0.25, 0.3) is 0 Å². The number of hydrogen-bond acceptors (Lipinski definition) is 6. The van der Waals surface area contributed by atoms with Crippen LogP contribution in [-0.4, -0.2) is 30.1 Å². The third kappa shape index (κ3) is 4.04. The van der Waals surface area contributed by atoms with Gasteiger partial charge in [-0.1, -0.05) is 48.2 Å². The lowest BCUT2D eigenvalue weighted by molar-refractivity contribution is -0.116. The lowest BCUT2D eigenvalue weighted by Crippen LogP contribution is -2.31. The summed E-state index contributed by atoms with van der Waals surface area (Å²) < 4.78 is 10.7. The van der Waals surface area contributed by atoms with E-state index in [0.29, 0.717) is 33.8 Å². The van der Waals surface area contributed by atoms with Gasteiger partial charge in [-0.2, -0.15) is 0 Å². The molecule has 0 unspecified atom stereocenters. The summed E-state index contributed by atoms with van der Waals surface area (Å²) in [5.74, 6) is 1.50. The molecule has 0 spiro atoms. The molecular weight excluding hydrogens is 402 g/mol. The Hall–Kier alpha value is -3.26. The number of hydrogen-bond donors (Lipinski definition) is 2. The Labute approximate surface area is 177 Å². The van der Waals surface area contributed by atoms with Crippen molar-refractivity contribution in [2.45, 2.75) is 23.2 Å². The van der Waals surface area contributed by atoms with Crippen LogP contribution in [0.5, 0.6) is 11.5 Å². The zero-order valence-electron chi connectivity index (χ0n) is 16.6. The third-order valence-corrected chi connectivity index (χ3v) is 5.91. The minimum Gasteiger partial charge on any atom is -0.497 e. The average molecular weight is 423 g/mol. The van der Waals surface area contributed by atoms with Crippen molar-refractivity contribution < 1.29 is 14.3 Å². The lowest BCUT2D eigenvalue weighted by Gasteiger charge is -2.26. The van der Waals surface area contributed by atoms with Crippen LogP contribution in [0.15, 0.2) is 58.5 Å². The standard InChI is InChI=1S/C22H21N3O4S/c1-28-14-8-9-15(17(10-14)29-2)16-11-18(26)23-20-19(16)21(27)25-22(24-20)30-12-13-6-4-3-5-7-13/h3-10,16H,11-12H2,1-2H3,(H2,23,24,25,26,27)/t16-/m0/s1. The second-order valence-corrected chi connectivity index (χ2v) is 7.78. The molecule has 2 aromatic carbocycles. The van der Waals surface area contributed by atoms with Gasteiger partial charge in [-0.25, -0.2) is 4.98 Å². The van der Waals surface area contributed by atoms with Crippen molar-refractivity contribution >= 4 is 23.5 Å². The van der Waals surface area contributed by atoms with Gasteiger partial charge in [-0.3, -0.25) is 9.59 Å². The van der Waals surface area contributed by atoms with Gasteiger partial charge in [0, 0.05) is 29.7 Å². The predicted molar refractivity (Wildman–Crippen MR) is 115 cm³/mol. The molecule has 1 aromatic heterocycles. The first-order valence-electron chi connectivity index (χ1n) is 9.41. The topological polar surface area (TPSA) is 93.3 Å². The number of nitrogens with one attached hydrogen (secondary N) is 2. The fraction of sp³-hybridized carbons (Fsp3) is 0.227. The summed E-state index contributed by atoms with van der Waals surface area (Å²) in [6, 6.07) is 15.3. The molecule has 0 radical (unpaired) electrons. The van der Waals surface area contributed by atoms with E-state index in [9.17, 15) is 9.59 Å². The minimum absolute atomic E-state index is 0.136. The van der Waals surface area contributed by atoms with Gasteiger partial charge < -0.3 is 19.8 Å². The first kappa shape index (κ1) is 20.0. The molecule has 8 heteroatoms. The average Bonchev–Trinajstić information content (AvgIpc) is 2.77. The quantitative estimate of drug-likeness (QED) is 0.465. The molecule has 2 heterocycles. The molecule has 0 fully saturated rings. The fourth-order valence-corrected chi connectivity index (χ4v) is 4.33. The molecule has 0 aliphatic carbocycles. The number of fused-ring (bicyclic) bond motifs is 1. The molecule has 1 aliphatic rings. The van der Waals surface area contributed by atoms with Crippen molar-refractivity contribution in [3.05, 3.63) is 75.6 Å². The van der Waals surface area contributed by atoms with E-state index in [2.05, 4.69) is 15.3 Å². The number of carbonyl (C=O) groups excluding carboxylic acids is 1. The molecule has 7 nitrogen and oxygen atoms in total. The van der Waals surface area contributed by atoms with Crippen LogP contribution in [0.2, 0.25) is 0 Å². The smallest absolute Gasteiger partial charge is 0.257 e. The molecular formula is C22H21N3O4S. The summed E-state index contributed by atoms with van der Waals surface area (Å²) in [5, 5.41) is 3.21. The molecule has 0 bridgehead atoms. The van der Waals surface area contributed by atoms with Gasteiger partial charge >= 0.3 is 0 Å². The number of ether oxygens (including phenoxy) is 2. The lowest BCUT2D eigenvalue weighted by atomic mass is 9.86. The highest BCUT2D eigenvalue weighted by molar-refractivity contribution is 7.98. The molecule has 3 aromatic rings. The van der Waals surface area contributed by atoms with Gasteiger partial charge in [0.25, 0.3) is 5.56 Å². The molecule has 1 amide bonds. The largest absolute Gasteiger partial charge is 0.497 e. The SMILES string of the molecule is COc1ccc([C@@H]2CC(=O)Nc3nc(SCc4ccccc4)[nH]c(=O)c32)c(OC)c1. The first-order chi connectivity index (χ1) is 14.6. The zero-order chi connectivity index (χ0) is 21.1. The van der Waals surface area contributed by atoms with Crippen molar-refractivity contribution in [2.75, 3.05) is 19.5 Å². The van der Waals surface area contributed by atoms with Crippen LogP contribution >= 0.6 is 11.8 Å². The number of benzene rings is 2. The van der Waals surface area contributed by atoms with E-state index in [1.807, 2.05) is 36.4 Å². The van der Waals surface area contributed by atoms with Crippen molar-refractivity contribution in [2.24, 2.45) is 0 Å². The molecule has 2 N–H and O–H groups in total. The Morgan fingerprint density at radius 1 is 1.10 bits per heavy atom. The maximum Gasteiger partial charge on any atom is 0.257 e. The molecule has 0 saturated carbocycles. The Kier molecular flexibility index (Phi) is 5.76. The van der Waals surface area contributed by atoms with Gasteiger partial charge in [0.2, 0.25) is 5.91 Å². The molecule has 0 saturated heterocycles. The monoisotopic (exact) mass is 423 g/mol. The van der Waals surface area contributed by atoms with Crippen molar-refractivity contribution in [3.63, 3.8) is 0 Å². The normalized spacial score (nSPS) is 15.3. The fourth-order valence-electron chi connectivity index (χ4n) is 3.52. The van der Waals surface area contributed by atoms with Crippen LogP contribution in [-0.2, 0) is 10.5 Å². The highest BCUT2D eigenvalue weighted by atomic mass is 32.2. The summed E-state index contributed by atoms with van der Waals surface area (Å²) in [5.41, 5.74) is 2.03. The number of thioether (sulfide) groups is 1. The number of amides is 1. The van der Waals surface area contributed by atoms with E-state index in [0.717, 1.165) is 11.1 Å².